The lowest BCUT2D eigenvalue weighted by molar-refractivity contribution is -0.121. The lowest BCUT2D eigenvalue weighted by Gasteiger charge is -2.03. The van der Waals surface area contributed by atoms with E-state index in [1.165, 1.54) is 0 Å². The Morgan fingerprint density at radius 2 is 1.17 bits per heavy atom. The van der Waals surface area contributed by atoms with Crippen molar-refractivity contribution in [2.24, 2.45) is 10.2 Å². The van der Waals surface area contributed by atoms with Crippen LogP contribution in [0.2, 0.25) is 0 Å². The maximum atomic E-state index is 11.8. The van der Waals surface area contributed by atoms with E-state index in [-0.39, 0.29) is 11.8 Å². The lowest BCUT2D eigenvalue weighted by atomic mass is 10.1. The van der Waals surface area contributed by atoms with Crippen LogP contribution >= 0.6 is 0 Å². The van der Waals surface area contributed by atoms with E-state index in [4.69, 9.17) is 8.83 Å². The van der Waals surface area contributed by atoms with E-state index in [2.05, 4.69) is 21.1 Å². The maximum absolute atomic E-state index is 11.8. The summed E-state index contributed by atoms with van der Waals surface area (Å²) in [6.45, 7) is 7.25. The summed E-state index contributed by atoms with van der Waals surface area (Å²) in [5.74, 6) is 2.53. The maximum Gasteiger partial charge on any atom is 0.240 e. The zero-order chi connectivity index (χ0) is 21.2. The molecule has 0 aromatic carbocycles. The first-order valence-corrected chi connectivity index (χ1v) is 9.65. The summed E-state index contributed by atoms with van der Waals surface area (Å²) in [5.41, 5.74) is 6.27. The minimum absolute atomic E-state index is 0.161. The molecule has 2 N–H and O–H groups in total. The van der Waals surface area contributed by atoms with E-state index in [1.54, 1.807) is 13.8 Å². The highest BCUT2D eigenvalue weighted by molar-refractivity contribution is 5.97. The molecule has 2 amide bonds. The fourth-order valence-electron chi connectivity index (χ4n) is 2.52. The van der Waals surface area contributed by atoms with E-state index in [1.807, 2.05) is 38.1 Å². The molecular weight excluding hydrogens is 372 g/mol. The highest BCUT2D eigenvalue weighted by atomic mass is 16.3. The first-order valence-electron chi connectivity index (χ1n) is 9.65. The number of furan rings is 2. The van der Waals surface area contributed by atoms with Crippen molar-refractivity contribution >= 4 is 23.2 Å². The highest BCUT2D eigenvalue weighted by Crippen LogP contribution is 2.08. The Bertz CT molecular complexity index is 820. The van der Waals surface area contributed by atoms with Crippen LogP contribution in [0.4, 0.5) is 0 Å². The number of unbranched alkanes of at least 4 members (excludes halogenated alkanes) is 2. The summed E-state index contributed by atoms with van der Waals surface area (Å²) in [4.78, 5) is 23.7. The fraction of sp³-hybridized carbons (Fsp3) is 0.429. The molecular formula is C21H28N4O4. The third-order valence-electron chi connectivity index (χ3n) is 4.20. The number of hydrogen-bond donors (Lipinski definition) is 2. The van der Waals surface area contributed by atoms with Crippen LogP contribution in [0.15, 0.2) is 43.3 Å². The van der Waals surface area contributed by atoms with Gasteiger partial charge in [0.05, 0.1) is 0 Å². The summed E-state index contributed by atoms with van der Waals surface area (Å²) in [7, 11) is 0. The molecule has 0 saturated carbocycles. The van der Waals surface area contributed by atoms with Crippen molar-refractivity contribution in [2.75, 3.05) is 0 Å². The normalized spacial score (nSPS) is 12.1. The van der Waals surface area contributed by atoms with Gasteiger partial charge in [0.15, 0.2) is 0 Å². The number of aryl methyl sites for hydroxylation is 2. The van der Waals surface area contributed by atoms with Gasteiger partial charge in [-0.15, -0.1) is 0 Å². The SMILES string of the molecule is CC(=NNC(=O)CCCCCC(=O)NN=C(C)c1ccc(C)o1)c1ccc(C)o1. The van der Waals surface area contributed by atoms with E-state index >= 15 is 0 Å². The molecule has 0 fully saturated rings. The van der Waals surface area contributed by atoms with Crippen molar-refractivity contribution in [3.05, 3.63) is 47.3 Å². The number of nitrogens with zero attached hydrogens (tertiary/aromatic N) is 2. The molecule has 0 aliphatic rings. The third-order valence-corrected chi connectivity index (χ3v) is 4.20. The highest BCUT2D eigenvalue weighted by Gasteiger charge is 2.06. The van der Waals surface area contributed by atoms with E-state index < -0.39 is 0 Å². The van der Waals surface area contributed by atoms with Gasteiger partial charge in [0.25, 0.3) is 0 Å². The van der Waals surface area contributed by atoms with Crippen LogP contribution in [-0.4, -0.2) is 23.2 Å². The number of hydrazone groups is 2. The Kier molecular flexibility index (Phi) is 8.39. The van der Waals surface area contributed by atoms with Gasteiger partial charge in [0, 0.05) is 12.8 Å². The van der Waals surface area contributed by atoms with Gasteiger partial charge in [-0.05, 0) is 64.8 Å². The fourth-order valence-corrected chi connectivity index (χ4v) is 2.52. The molecule has 2 heterocycles. The summed E-state index contributed by atoms with van der Waals surface area (Å²) in [6, 6.07) is 7.31. The lowest BCUT2D eigenvalue weighted by Crippen LogP contribution is -2.19. The zero-order valence-electron chi connectivity index (χ0n) is 17.4. The van der Waals surface area contributed by atoms with Crippen LogP contribution in [0.25, 0.3) is 0 Å². The third kappa shape index (κ3) is 7.77. The average molecular weight is 400 g/mol. The van der Waals surface area contributed by atoms with Crippen LogP contribution in [0, 0.1) is 13.8 Å². The largest absolute Gasteiger partial charge is 0.460 e. The van der Waals surface area contributed by atoms with Crippen molar-refractivity contribution < 1.29 is 18.4 Å². The molecule has 2 aromatic heterocycles. The number of hydrogen-bond acceptors (Lipinski definition) is 6. The van der Waals surface area contributed by atoms with Gasteiger partial charge in [-0.25, -0.2) is 10.9 Å². The Morgan fingerprint density at radius 3 is 1.52 bits per heavy atom. The summed E-state index contributed by atoms with van der Waals surface area (Å²) < 4.78 is 10.9. The van der Waals surface area contributed by atoms with Crippen LogP contribution in [0.1, 0.15) is 69.0 Å². The van der Waals surface area contributed by atoms with E-state index in [0.717, 1.165) is 17.9 Å². The first-order chi connectivity index (χ1) is 13.8. The molecule has 2 aromatic rings. The van der Waals surface area contributed by atoms with E-state index in [0.29, 0.717) is 48.6 Å². The van der Waals surface area contributed by atoms with Crippen molar-refractivity contribution in [1.29, 1.82) is 0 Å². The molecule has 0 unspecified atom stereocenters. The van der Waals surface area contributed by atoms with E-state index in [9.17, 15) is 9.59 Å². The first kappa shape index (κ1) is 22.1. The van der Waals surface area contributed by atoms with Crippen LogP contribution in [0.3, 0.4) is 0 Å². The summed E-state index contributed by atoms with van der Waals surface area (Å²) in [6.07, 6.45) is 2.83. The van der Waals surface area contributed by atoms with Gasteiger partial charge in [-0.3, -0.25) is 9.59 Å². The average Bonchev–Trinajstić information content (AvgIpc) is 3.32. The van der Waals surface area contributed by atoms with Crippen molar-refractivity contribution in [3.63, 3.8) is 0 Å². The second kappa shape index (κ2) is 11.0. The molecule has 156 valence electrons. The monoisotopic (exact) mass is 400 g/mol. The van der Waals surface area contributed by atoms with Crippen molar-refractivity contribution in [1.82, 2.24) is 10.9 Å². The molecule has 8 heteroatoms. The minimum atomic E-state index is -0.161. The molecule has 0 spiro atoms. The predicted octanol–water partition coefficient (Wildman–Crippen LogP) is 3.82. The van der Waals surface area contributed by atoms with Crippen LogP contribution < -0.4 is 10.9 Å². The molecule has 0 radical (unpaired) electrons. The van der Waals surface area contributed by atoms with Gasteiger partial charge in [0.1, 0.15) is 34.5 Å². The van der Waals surface area contributed by atoms with Gasteiger partial charge in [0.2, 0.25) is 11.8 Å². The Labute approximate surface area is 170 Å². The van der Waals surface area contributed by atoms with Crippen molar-refractivity contribution in [3.8, 4) is 0 Å². The molecule has 2 rings (SSSR count). The quantitative estimate of drug-likeness (QED) is 0.359. The van der Waals surface area contributed by atoms with Gasteiger partial charge in [-0.1, -0.05) is 6.42 Å². The van der Waals surface area contributed by atoms with Crippen LogP contribution in [0.5, 0.6) is 0 Å². The second-order valence-electron chi connectivity index (χ2n) is 6.85. The number of carbonyl (C=O) groups is 2. The van der Waals surface area contributed by atoms with Gasteiger partial charge in [-0.2, -0.15) is 10.2 Å². The van der Waals surface area contributed by atoms with Gasteiger partial charge < -0.3 is 8.83 Å². The summed E-state index contributed by atoms with van der Waals surface area (Å²) in [5, 5.41) is 8.08. The Morgan fingerprint density at radius 1 is 0.759 bits per heavy atom. The molecule has 0 aliphatic carbocycles. The number of carbonyl (C=O) groups excluding carboxylic acids is 2. The Hall–Kier alpha value is -3.16. The smallest absolute Gasteiger partial charge is 0.240 e. The topological polar surface area (TPSA) is 109 Å². The summed E-state index contributed by atoms with van der Waals surface area (Å²) >= 11 is 0. The number of nitrogens with one attached hydrogen (secondary N) is 2. The standard InChI is InChI=1S/C21H28N4O4/c1-14-10-12-18(28-14)16(3)22-24-20(26)8-6-5-7-9-21(27)25-23-17(4)19-13-11-15(2)29-19/h10-13H,5-9H2,1-4H3,(H,24,26)(H,25,27). The zero-order valence-corrected chi connectivity index (χ0v) is 17.4. The molecule has 29 heavy (non-hydrogen) atoms. The van der Waals surface area contributed by atoms with Gasteiger partial charge >= 0.3 is 0 Å². The molecule has 0 atom stereocenters. The predicted molar refractivity (Wildman–Crippen MR) is 111 cm³/mol. The second-order valence-corrected chi connectivity index (χ2v) is 6.85. The minimum Gasteiger partial charge on any atom is -0.460 e. The molecule has 0 saturated heterocycles. The molecule has 8 nitrogen and oxygen atoms in total. The molecule has 0 aliphatic heterocycles. The number of amides is 2. The number of rotatable bonds is 10. The van der Waals surface area contributed by atoms with Crippen molar-refractivity contribution in [2.45, 2.75) is 59.8 Å². The Balaban J connectivity index is 1.59. The molecule has 0 bridgehead atoms. The van der Waals surface area contributed by atoms with Crippen LogP contribution in [-0.2, 0) is 9.59 Å².